The standard InChI is InChI=1S/C14H32N2/c1-4-6-7-8-9-10-11-16(5-2)13-14(3)12-15/h14H,4-13,15H2,1-3H3. The third-order valence-corrected chi connectivity index (χ3v) is 3.25. The number of hydrogen-bond acceptors (Lipinski definition) is 2. The van der Waals surface area contributed by atoms with Gasteiger partial charge in [-0.3, -0.25) is 0 Å². The van der Waals surface area contributed by atoms with E-state index in [4.69, 9.17) is 5.73 Å². The van der Waals surface area contributed by atoms with Crippen LogP contribution in [0.15, 0.2) is 0 Å². The van der Waals surface area contributed by atoms with Gasteiger partial charge in [0.1, 0.15) is 0 Å². The third-order valence-electron chi connectivity index (χ3n) is 3.25. The van der Waals surface area contributed by atoms with Gasteiger partial charge in [0.25, 0.3) is 0 Å². The summed E-state index contributed by atoms with van der Waals surface area (Å²) in [7, 11) is 0. The lowest BCUT2D eigenvalue weighted by atomic mass is 10.1. The highest BCUT2D eigenvalue weighted by molar-refractivity contribution is 4.62. The average molecular weight is 228 g/mol. The summed E-state index contributed by atoms with van der Waals surface area (Å²) in [6.07, 6.45) is 8.33. The van der Waals surface area contributed by atoms with Crippen LogP contribution in [0.1, 0.15) is 59.3 Å². The molecule has 2 N–H and O–H groups in total. The summed E-state index contributed by atoms with van der Waals surface area (Å²) in [5.41, 5.74) is 5.66. The summed E-state index contributed by atoms with van der Waals surface area (Å²) < 4.78 is 0. The van der Waals surface area contributed by atoms with E-state index in [9.17, 15) is 0 Å². The zero-order chi connectivity index (χ0) is 12.2. The molecule has 1 atom stereocenters. The maximum atomic E-state index is 5.66. The van der Waals surface area contributed by atoms with Crippen LogP contribution in [0.4, 0.5) is 0 Å². The van der Waals surface area contributed by atoms with Crippen LogP contribution >= 0.6 is 0 Å². The molecule has 0 radical (unpaired) electrons. The van der Waals surface area contributed by atoms with E-state index in [2.05, 4.69) is 25.7 Å². The lowest BCUT2D eigenvalue weighted by Crippen LogP contribution is -2.32. The molecule has 0 fully saturated rings. The van der Waals surface area contributed by atoms with E-state index < -0.39 is 0 Å². The second kappa shape index (κ2) is 11.4. The second-order valence-electron chi connectivity index (χ2n) is 5.00. The Balaban J connectivity index is 3.40. The molecule has 0 spiro atoms. The average Bonchev–Trinajstić information content (AvgIpc) is 2.31. The Bertz CT molecular complexity index is 137. The highest BCUT2D eigenvalue weighted by atomic mass is 15.1. The van der Waals surface area contributed by atoms with Crippen molar-refractivity contribution in [2.75, 3.05) is 26.2 Å². The van der Waals surface area contributed by atoms with Gasteiger partial charge in [-0.2, -0.15) is 0 Å². The van der Waals surface area contributed by atoms with Crippen molar-refractivity contribution in [3.05, 3.63) is 0 Å². The number of unbranched alkanes of at least 4 members (excludes halogenated alkanes) is 5. The zero-order valence-corrected chi connectivity index (χ0v) is 11.7. The van der Waals surface area contributed by atoms with Gasteiger partial charge in [-0.15, -0.1) is 0 Å². The number of nitrogens with two attached hydrogens (primary N) is 1. The number of nitrogens with zero attached hydrogens (tertiary/aromatic N) is 1. The fourth-order valence-corrected chi connectivity index (χ4v) is 2.01. The van der Waals surface area contributed by atoms with E-state index in [1.54, 1.807) is 0 Å². The van der Waals surface area contributed by atoms with Crippen LogP contribution in [0, 0.1) is 5.92 Å². The summed E-state index contributed by atoms with van der Waals surface area (Å²) in [6, 6.07) is 0. The maximum absolute atomic E-state index is 5.66. The Labute approximate surface area is 103 Å². The molecule has 0 heterocycles. The fraction of sp³-hybridized carbons (Fsp3) is 1.00. The molecular weight excluding hydrogens is 196 g/mol. The number of rotatable bonds is 11. The summed E-state index contributed by atoms with van der Waals surface area (Å²) >= 11 is 0. The van der Waals surface area contributed by atoms with Crippen molar-refractivity contribution in [3.63, 3.8) is 0 Å². The molecular formula is C14H32N2. The minimum Gasteiger partial charge on any atom is -0.330 e. The van der Waals surface area contributed by atoms with Crippen molar-refractivity contribution in [1.29, 1.82) is 0 Å². The molecule has 0 aromatic rings. The predicted octanol–water partition coefficient (Wildman–Crippen LogP) is 3.26. The molecule has 0 saturated carbocycles. The Morgan fingerprint density at radius 1 is 1.00 bits per heavy atom. The van der Waals surface area contributed by atoms with Crippen LogP contribution in [-0.2, 0) is 0 Å². The molecule has 0 aliphatic rings. The highest BCUT2D eigenvalue weighted by Gasteiger charge is 2.06. The highest BCUT2D eigenvalue weighted by Crippen LogP contribution is 2.07. The first kappa shape index (κ1) is 15.9. The molecule has 0 aliphatic carbocycles. The molecule has 0 aromatic heterocycles. The van der Waals surface area contributed by atoms with E-state index in [1.165, 1.54) is 58.2 Å². The number of hydrogen-bond donors (Lipinski definition) is 1. The van der Waals surface area contributed by atoms with Gasteiger partial charge >= 0.3 is 0 Å². The van der Waals surface area contributed by atoms with Crippen LogP contribution in [0.2, 0.25) is 0 Å². The molecule has 98 valence electrons. The first-order valence-corrected chi connectivity index (χ1v) is 7.16. The van der Waals surface area contributed by atoms with Crippen molar-refractivity contribution in [3.8, 4) is 0 Å². The van der Waals surface area contributed by atoms with E-state index in [0.29, 0.717) is 5.92 Å². The SMILES string of the molecule is CCCCCCCCN(CC)CC(C)CN. The van der Waals surface area contributed by atoms with Crippen LogP contribution in [0.25, 0.3) is 0 Å². The molecule has 0 amide bonds. The summed E-state index contributed by atoms with van der Waals surface area (Å²) in [4.78, 5) is 2.54. The van der Waals surface area contributed by atoms with Crippen LogP contribution in [-0.4, -0.2) is 31.1 Å². The van der Waals surface area contributed by atoms with Crippen molar-refractivity contribution in [1.82, 2.24) is 4.90 Å². The van der Waals surface area contributed by atoms with Gasteiger partial charge in [-0.05, 0) is 32.0 Å². The van der Waals surface area contributed by atoms with Gasteiger partial charge in [0, 0.05) is 6.54 Å². The molecule has 2 heteroatoms. The topological polar surface area (TPSA) is 29.3 Å². The third kappa shape index (κ3) is 9.17. The monoisotopic (exact) mass is 228 g/mol. The van der Waals surface area contributed by atoms with Crippen LogP contribution in [0.5, 0.6) is 0 Å². The lowest BCUT2D eigenvalue weighted by Gasteiger charge is -2.23. The minimum absolute atomic E-state index is 0.639. The van der Waals surface area contributed by atoms with Crippen molar-refractivity contribution in [2.24, 2.45) is 11.7 Å². The van der Waals surface area contributed by atoms with Gasteiger partial charge in [0.15, 0.2) is 0 Å². The first-order chi connectivity index (χ1) is 7.74. The largest absolute Gasteiger partial charge is 0.330 e. The second-order valence-corrected chi connectivity index (χ2v) is 5.00. The Morgan fingerprint density at radius 2 is 1.62 bits per heavy atom. The zero-order valence-electron chi connectivity index (χ0n) is 11.7. The summed E-state index contributed by atoms with van der Waals surface area (Å²) in [6.45, 7) is 11.2. The van der Waals surface area contributed by atoms with Gasteiger partial charge in [0.05, 0.1) is 0 Å². The van der Waals surface area contributed by atoms with Gasteiger partial charge in [0.2, 0.25) is 0 Å². The van der Waals surface area contributed by atoms with E-state index in [1.807, 2.05) is 0 Å². The normalized spacial score (nSPS) is 13.3. The van der Waals surface area contributed by atoms with Crippen molar-refractivity contribution >= 4 is 0 Å². The molecule has 0 aromatic carbocycles. The molecule has 16 heavy (non-hydrogen) atoms. The van der Waals surface area contributed by atoms with Crippen LogP contribution < -0.4 is 5.73 Å². The smallest absolute Gasteiger partial charge is 0.00189 e. The molecule has 0 saturated heterocycles. The van der Waals surface area contributed by atoms with E-state index in [0.717, 1.165) is 6.54 Å². The van der Waals surface area contributed by atoms with Crippen molar-refractivity contribution in [2.45, 2.75) is 59.3 Å². The first-order valence-electron chi connectivity index (χ1n) is 7.16. The maximum Gasteiger partial charge on any atom is 0.00189 e. The van der Waals surface area contributed by atoms with E-state index in [-0.39, 0.29) is 0 Å². The molecule has 2 nitrogen and oxygen atoms in total. The van der Waals surface area contributed by atoms with Gasteiger partial charge < -0.3 is 10.6 Å². The molecule has 1 unspecified atom stereocenters. The molecule has 0 aliphatic heterocycles. The fourth-order valence-electron chi connectivity index (χ4n) is 2.01. The Kier molecular flexibility index (Phi) is 11.3. The Morgan fingerprint density at radius 3 is 2.19 bits per heavy atom. The summed E-state index contributed by atoms with van der Waals surface area (Å²) in [5.74, 6) is 0.639. The van der Waals surface area contributed by atoms with E-state index >= 15 is 0 Å². The lowest BCUT2D eigenvalue weighted by molar-refractivity contribution is 0.245. The quantitative estimate of drug-likeness (QED) is 0.550. The van der Waals surface area contributed by atoms with Crippen LogP contribution in [0.3, 0.4) is 0 Å². The van der Waals surface area contributed by atoms with Gasteiger partial charge in [-0.1, -0.05) is 52.9 Å². The predicted molar refractivity (Wildman–Crippen MR) is 73.7 cm³/mol. The summed E-state index contributed by atoms with van der Waals surface area (Å²) in [5, 5.41) is 0. The Hall–Kier alpha value is -0.0800. The molecule has 0 bridgehead atoms. The van der Waals surface area contributed by atoms with Gasteiger partial charge in [-0.25, -0.2) is 0 Å². The van der Waals surface area contributed by atoms with Crippen molar-refractivity contribution < 1.29 is 0 Å². The molecule has 0 rings (SSSR count). The minimum atomic E-state index is 0.639.